The molecule has 0 saturated heterocycles. The van der Waals surface area contributed by atoms with Gasteiger partial charge in [0, 0.05) is 14.5 Å². The van der Waals surface area contributed by atoms with Crippen LogP contribution in [0.3, 0.4) is 0 Å². The maximum atomic E-state index is 6.10. The first-order valence-corrected chi connectivity index (χ1v) is 7.50. The third-order valence-electron chi connectivity index (χ3n) is 2.67. The van der Waals surface area contributed by atoms with E-state index in [2.05, 4.69) is 71.1 Å². The van der Waals surface area contributed by atoms with Crippen LogP contribution in [-0.2, 0) is 0 Å². The maximum Gasteiger partial charge on any atom is 0.110 e. The largest absolute Gasteiger partial charge is 0.322 e. The van der Waals surface area contributed by atoms with Crippen molar-refractivity contribution in [3.8, 4) is 11.3 Å². The van der Waals surface area contributed by atoms with E-state index in [4.69, 9.17) is 5.73 Å². The van der Waals surface area contributed by atoms with Crippen molar-refractivity contribution in [3.63, 3.8) is 0 Å². The number of hydrogen-bond donors (Lipinski definition) is 1. The molecule has 4 heteroatoms. The molecular weight excluding hydrogens is 343 g/mol. The lowest BCUT2D eigenvalue weighted by Gasteiger charge is -2.11. The Bertz CT molecular complexity index is 490. The van der Waals surface area contributed by atoms with Gasteiger partial charge in [0.05, 0.1) is 11.7 Å². The molecule has 0 aliphatic heterocycles. The summed E-state index contributed by atoms with van der Waals surface area (Å²) < 4.78 is 1.24. The number of rotatable bonds is 3. The monoisotopic (exact) mass is 358 g/mol. The second-order valence-corrected chi connectivity index (χ2v) is 6.48. The van der Waals surface area contributed by atoms with Crippen LogP contribution in [0.25, 0.3) is 11.3 Å². The standard InChI is InChI=1S/C13H15IN2S/c1-8(2)12(15)13-16-11(7-17-13)9-3-5-10(14)6-4-9/h3-8,12H,15H2,1-2H3. The molecule has 1 aromatic heterocycles. The lowest BCUT2D eigenvalue weighted by Crippen LogP contribution is -2.16. The first kappa shape index (κ1) is 13.0. The van der Waals surface area contributed by atoms with Crippen LogP contribution in [0.1, 0.15) is 24.9 Å². The zero-order valence-corrected chi connectivity index (χ0v) is 12.8. The van der Waals surface area contributed by atoms with Crippen molar-refractivity contribution >= 4 is 33.9 Å². The summed E-state index contributed by atoms with van der Waals surface area (Å²) in [4.78, 5) is 4.62. The molecule has 1 heterocycles. The van der Waals surface area contributed by atoms with Crippen LogP contribution in [0, 0.1) is 9.49 Å². The smallest absolute Gasteiger partial charge is 0.110 e. The molecule has 90 valence electrons. The summed E-state index contributed by atoms with van der Waals surface area (Å²) in [5, 5.41) is 3.10. The highest BCUT2D eigenvalue weighted by Gasteiger charge is 2.14. The minimum absolute atomic E-state index is 0.0394. The van der Waals surface area contributed by atoms with Crippen molar-refractivity contribution in [3.05, 3.63) is 38.2 Å². The molecule has 0 radical (unpaired) electrons. The van der Waals surface area contributed by atoms with Crippen LogP contribution in [0.15, 0.2) is 29.6 Å². The van der Waals surface area contributed by atoms with Crippen LogP contribution in [0.2, 0.25) is 0 Å². The molecule has 2 aromatic rings. The van der Waals surface area contributed by atoms with E-state index >= 15 is 0 Å². The Morgan fingerprint density at radius 3 is 2.47 bits per heavy atom. The van der Waals surface area contributed by atoms with Crippen LogP contribution in [-0.4, -0.2) is 4.98 Å². The van der Waals surface area contributed by atoms with Crippen molar-refractivity contribution in [1.82, 2.24) is 4.98 Å². The summed E-state index contributed by atoms with van der Waals surface area (Å²) in [7, 11) is 0. The zero-order chi connectivity index (χ0) is 12.4. The number of benzene rings is 1. The van der Waals surface area contributed by atoms with E-state index in [9.17, 15) is 0 Å². The number of nitrogens with zero attached hydrogens (tertiary/aromatic N) is 1. The maximum absolute atomic E-state index is 6.10. The minimum Gasteiger partial charge on any atom is -0.322 e. The molecule has 0 amide bonds. The number of thiazole rings is 1. The van der Waals surface area contributed by atoms with Gasteiger partial charge < -0.3 is 5.73 Å². The second-order valence-electron chi connectivity index (χ2n) is 4.35. The highest BCUT2D eigenvalue weighted by molar-refractivity contribution is 14.1. The van der Waals surface area contributed by atoms with E-state index in [1.807, 2.05) is 0 Å². The van der Waals surface area contributed by atoms with Crippen molar-refractivity contribution in [2.24, 2.45) is 11.7 Å². The number of hydrogen-bond acceptors (Lipinski definition) is 3. The van der Waals surface area contributed by atoms with E-state index in [-0.39, 0.29) is 6.04 Å². The van der Waals surface area contributed by atoms with Crippen LogP contribution in [0.5, 0.6) is 0 Å². The fraction of sp³-hybridized carbons (Fsp3) is 0.308. The van der Waals surface area contributed by atoms with Gasteiger partial charge in [0.2, 0.25) is 0 Å². The summed E-state index contributed by atoms with van der Waals surface area (Å²) in [6, 6.07) is 8.43. The second kappa shape index (κ2) is 5.46. The third kappa shape index (κ3) is 3.05. The lowest BCUT2D eigenvalue weighted by atomic mass is 10.1. The fourth-order valence-corrected chi connectivity index (χ4v) is 2.84. The summed E-state index contributed by atoms with van der Waals surface area (Å²) in [5.74, 6) is 0.422. The first-order chi connectivity index (χ1) is 8.08. The van der Waals surface area contributed by atoms with Gasteiger partial charge in [0.1, 0.15) is 5.01 Å². The van der Waals surface area contributed by atoms with Gasteiger partial charge in [-0.25, -0.2) is 4.98 Å². The average molecular weight is 358 g/mol. The molecule has 0 spiro atoms. The molecule has 1 unspecified atom stereocenters. The van der Waals surface area contributed by atoms with E-state index in [1.54, 1.807) is 11.3 Å². The van der Waals surface area contributed by atoms with Gasteiger partial charge >= 0.3 is 0 Å². The Morgan fingerprint density at radius 2 is 1.88 bits per heavy atom. The lowest BCUT2D eigenvalue weighted by molar-refractivity contribution is 0.512. The van der Waals surface area contributed by atoms with Crippen LogP contribution >= 0.6 is 33.9 Å². The topological polar surface area (TPSA) is 38.9 Å². The van der Waals surface area contributed by atoms with Crippen molar-refractivity contribution < 1.29 is 0 Å². The molecule has 2 N–H and O–H groups in total. The normalized spacial score (nSPS) is 13.0. The van der Waals surface area contributed by atoms with Gasteiger partial charge in [0.15, 0.2) is 0 Å². The van der Waals surface area contributed by atoms with E-state index in [1.165, 1.54) is 3.57 Å². The Kier molecular flexibility index (Phi) is 4.17. The van der Waals surface area contributed by atoms with E-state index < -0.39 is 0 Å². The van der Waals surface area contributed by atoms with Gasteiger partial charge in [0.25, 0.3) is 0 Å². The van der Waals surface area contributed by atoms with Gasteiger partial charge in [-0.1, -0.05) is 26.0 Å². The van der Waals surface area contributed by atoms with E-state index in [0.29, 0.717) is 5.92 Å². The zero-order valence-electron chi connectivity index (χ0n) is 9.85. The number of halogens is 1. The highest BCUT2D eigenvalue weighted by atomic mass is 127. The van der Waals surface area contributed by atoms with E-state index in [0.717, 1.165) is 16.3 Å². The predicted octanol–water partition coefficient (Wildman–Crippen LogP) is 4.07. The van der Waals surface area contributed by atoms with Crippen LogP contribution < -0.4 is 5.73 Å². The first-order valence-electron chi connectivity index (χ1n) is 5.55. The quantitative estimate of drug-likeness (QED) is 0.840. The molecule has 2 rings (SSSR count). The van der Waals surface area contributed by atoms with Crippen molar-refractivity contribution in [1.29, 1.82) is 0 Å². The Labute approximate surface area is 119 Å². The summed E-state index contributed by atoms with van der Waals surface area (Å²) in [6.45, 7) is 4.24. The summed E-state index contributed by atoms with van der Waals surface area (Å²) in [5.41, 5.74) is 8.28. The SMILES string of the molecule is CC(C)C(N)c1nc(-c2ccc(I)cc2)cs1. The molecule has 0 fully saturated rings. The molecule has 17 heavy (non-hydrogen) atoms. The average Bonchev–Trinajstić information content (AvgIpc) is 2.78. The Balaban J connectivity index is 2.26. The summed E-state index contributed by atoms with van der Waals surface area (Å²) in [6.07, 6.45) is 0. The predicted molar refractivity (Wildman–Crippen MR) is 82.0 cm³/mol. The molecule has 0 bridgehead atoms. The Hall–Kier alpha value is -0.460. The summed E-state index contributed by atoms with van der Waals surface area (Å²) >= 11 is 3.95. The van der Waals surface area contributed by atoms with Crippen molar-refractivity contribution in [2.75, 3.05) is 0 Å². The molecule has 0 aliphatic rings. The van der Waals surface area contributed by atoms with Gasteiger partial charge in [-0.3, -0.25) is 0 Å². The van der Waals surface area contributed by atoms with Crippen molar-refractivity contribution in [2.45, 2.75) is 19.9 Å². The highest BCUT2D eigenvalue weighted by Crippen LogP contribution is 2.27. The fourth-order valence-electron chi connectivity index (χ4n) is 1.48. The molecule has 0 aliphatic carbocycles. The Morgan fingerprint density at radius 1 is 1.24 bits per heavy atom. The molecular formula is C13H15IN2S. The molecule has 0 saturated carbocycles. The van der Waals surface area contributed by atoms with Gasteiger partial charge in [-0.2, -0.15) is 0 Å². The third-order valence-corrected chi connectivity index (χ3v) is 4.33. The minimum atomic E-state index is 0.0394. The van der Waals surface area contributed by atoms with Gasteiger partial charge in [-0.05, 0) is 40.6 Å². The molecule has 1 aromatic carbocycles. The number of nitrogens with two attached hydrogens (primary N) is 1. The van der Waals surface area contributed by atoms with Crippen LogP contribution in [0.4, 0.5) is 0 Å². The van der Waals surface area contributed by atoms with Gasteiger partial charge in [-0.15, -0.1) is 11.3 Å². The molecule has 2 nitrogen and oxygen atoms in total. The molecule has 1 atom stereocenters. The number of aromatic nitrogens is 1.